The van der Waals surface area contributed by atoms with Crippen LogP contribution in [0, 0.1) is 0 Å². The van der Waals surface area contributed by atoms with Crippen LogP contribution in [0.1, 0.15) is 28.9 Å². The molecule has 1 aliphatic rings. The highest BCUT2D eigenvalue weighted by Crippen LogP contribution is 2.25. The maximum Gasteiger partial charge on any atom is 0.254 e. The number of benzene rings is 1. The molecule has 1 atom stereocenters. The molecule has 6 heteroatoms. The van der Waals surface area contributed by atoms with Crippen molar-refractivity contribution in [1.82, 2.24) is 19.6 Å². The number of rotatable bonds is 6. The van der Waals surface area contributed by atoms with E-state index in [2.05, 4.69) is 16.5 Å². The molecule has 27 heavy (non-hydrogen) atoms. The number of imidazole rings is 1. The van der Waals surface area contributed by atoms with Crippen molar-refractivity contribution in [3.8, 4) is 0 Å². The summed E-state index contributed by atoms with van der Waals surface area (Å²) in [5.41, 5.74) is 2.80. The summed E-state index contributed by atoms with van der Waals surface area (Å²) in [4.78, 5) is 20.6. The Morgan fingerprint density at radius 3 is 2.89 bits per heavy atom. The number of carbonyl (C=O) groups excluding carboxylic acids is 1. The minimum absolute atomic E-state index is 0.143. The number of thioether (sulfide) groups is 1. The fourth-order valence-corrected chi connectivity index (χ4v) is 4.41. The topological polar surface area (TPSA) is 49.6 Å². The van der Waals surface area contributed by atoms with Crippen LogP contribution in [0.25, 0.3) is 5.65 Å². The van der Waals surface area contributed by atoms with Crippen LogP contribution in [-0.2, 0) is 5.75 Å². The molecule has 1 fully saturated rings. The maximum absolute atomic E-state index is 12.8. The smallest absolute Gasteiger partial charge is 0.254 e. The van der Waals surface area contributed by atoms with Crippen LogP contribution in [0.3, 0.4) is 0 Å². The highest BCUT2D eigenvalue weighted by molar-refractivity contribution is 7.98. The molecule has 1 aromatic carbocycles. The van der Waals surface area contributed by atoms with Gasteiger partial charge in [-0.25, -0.2) is 4.98 Å². The SMILES string of the molecule is CNCC1CCCN1C(=O)c1ccc(SCc2cn3ccccc3n2)cc1. The Hall–Kier alpha value is -2.31. The van der Waals surface area contributed by atoms with E-state index in [1.807, 2.05) is 65.0 Å². The summed E-state index contributed by atoms with van der Waals surface area (Å²) in [5.74, 6) is 0.954. The standard InChI is InChI=1S/C21H24N4OS/c1-22-13-18-5-4-12-25(18)21(26)16-7-9-19(10-8-16)27-15-17-14-24-11-3-2-6-20(24)23-17/h2-3,6-11,14,18,22H,4-5,12-13,15H2,1H3. The van der Waals surface area contributed by atoms with Gasteiger partial charge in [0, 0.05) is 47.7 Å². The third-order valence-electron chi connectivity index (χ3n) is 4.98. The lowest BCUT2D eigenvalue weighted by Gasteiger charge is -2.24. The number of nitrogens with one attached hydrogen (secondary N) is 1. The third-order valence-corrected chi connectivity index (χ3v) is 6.03. The number of carbonyl (C=O) groups is 1. The van der Waals surface area contributed by atoms with Gasteiger partial charge in [0.15, 0.2) is 0 Å². The number of aromatic nitrogens is 2. The van der Waals surface area contributed by atoms with Gasteiger partial charge in [0.2, 0.25) is 0 Å². The first kappa shape index (κ1) is 18.1. The lowest BCUT2D eigenvalue weighted by molar-refractivity contribution is 0.0737. The van der Waals surface area contributed by atoms with E-state index in [0.717, 1.165) is 53.5 Å². The van der Waals surface area contributed by atoms with Crippen molar-refractivity contribution in [2.45, 2.75) is 29.5 Å². The van der Waals surface area contributed by atoms with E-state index in [1.165, 1.54) is 0 Å². The molecule has 0 spiro atoms. The van der Waals surface area contributed by atoms with Gasteiger partial charge >= 0.3 is 0 Å². The molecular weight excluding hydrogens is 356 g/mol. The Bertz CT molecular complexity index is 888. The highest BCUT2D eigenvalue weighted by atomic mass is 32.2. The summed E-state index contributed by atoms with van der Waals surface area (Å²) < 4.78 is 2.04. The van der Waals surface area contributed by atoms with E-state index < -0.39 is 0 Å². The molecule has 140 valence electrons. The molecule has 0 saturated carbocycles. The van der Waals surface area contributed by atoms with Crippen molar-refractivity contribution in [3.05, 3.63) is 66.1 Å². The van der Waals surface area contributed by atoms with Crippen molar-refractivity contribution in [2.24, 2.45) is 0 Å². The Morgan fingerprint density at radius 1 is 1.26 bits per heavy atom. The van der Waals surface area contributed by atoms with Crippen molar-refractivity contribution in [1.29, 1.82) is 0 Å². The third kappa shape index (κ3) is 4.01. The van der Waals surface area contributed by atoms with Crippen molar-refractivity contribution < 1.29 is 4.79 Å². The number of nitrogens with zero attached hydrogens (tertiary/aromatic N) is 3. The Labute approximate surface area is 163 Å². The molecule has 1 saturated heterocycles. The number of pyridine rings is 1. The van der Waals surface area contributed by atoms with Gasteiger partial charge in [0.25, 0.3) is 5.91 Å². The monoisotopic (exact) mass is 380 g/mol. The molecule has 0 bridgehead atoms. The minimum Gasteiger partial charge on any atom is -0.334 e. The van der Waals surface area contributed by atoms with Crippen LogP contribution in [-0.4, -0.2) is 46.4 Å². The number of amides is 1. The number of likely N-dealkylation sites (tertiary alicyclic amines) is 1. The van der Waals surface area contributed by atoms with Crippen LogP contribution in [0.4, 0.5) is 0 Å². The van der Waals surface area contributed by atoms with Gasteiger partial charge in [-0.1, -0.05) is 6.07 Å². The molecule has 0 aliphatic carbocycles. The van der Waals surface area contributed by atoms with E-state index in [0.29, 0.717) is 6.04 Å². The van der Waals surface area contributed by atoms with Crippen molar-refractivity contribution in [2.75, 3.05) is 20.1 Å². The van der Waals surface area contributed by atoms with Gasteiger partial charge in [-0.15, -0.1) is 11.8 Å². The van der Waals surface area contributed by atoms with E-state index in [1.54, 1.807) is 11.8 Å². The average molecular weight is 381 g/mol. The van der Waals surface area contributed by atoms with Gasteiger partial charge in [-0.3, -0.25) is 4.79 Å². The molecule has 1 N–H and O–H groups in total. The Balaban J connectivity index is 1.39. The summed E-state index contributed by atoms with van der Waals surface area (Å²) >= 11 is 1.74. The Kier molecular flexibility index (Phi) is 5.45. The first-order chi connectivity index (χ1) is 13.2. The fourth-order valence-electron chi connectivity index (χ4n) is 3.62. The zero-order valence-corrected chi connectivity index (χ0v) is 16.3. The van der Waals surface area contributed by atoms with Gasteiger partial charge in [0.05, 0.1) is 5.69 Å². The molecule has 1 aliphatic heterocycles. The van der Waals surface area contributed by atoms with Crippen LogP contribution < -0.4 is 5.32 Å². The molecule has 3 heterocycles. The van der Waals surface area contributed by atoms with Crippen LogP contribution in [0.5, 0.6) is 0 Å². The van der Waals surface area contributed by atoms with Crippen LogP contribution >= 0.6 is 11.8 Å². The van der Waals surface area contributed by atoms with E-state index in [4.69, 9.17) is 0 Å². The first-order valence-electron chi connectivity index (χ1n) is 9.35. The Morgan fingerprint density at radius 2 is 2.11 bits per heavy atom. The number of likely N-dealkylation sites (N-methyl/N-ethyl adjacent to an activating group) is 1. The summed E-state index contributed by atoms with van der Waals surface area (Å²) in [7, 11) is 1.94. The van der Waals surface area contributed by atoms with E-state index >= 15 is 0 Å². The molecule has 5 nitrogen and oxygen atoms in total. The van der Waals surface area contributed by atoms with Gasteiger partial charge in [-0.2, -0.15) is 0 Å². The molecule has 2 aromatic heterocycles. The van der Waals surface area contributed by atoms with Gasteiger partial charge < -0.3 is 14.6 Å². The quantitative estimate of drug-likeness (QED) is 0.666. The zero-order valence-electron chi connectivity index (χ0n) is 15.5. The average Bonchev–Trinajstić information content (AvgIpc) is 3.33. The maximum atomic E-state index is 12.8. The second-order valence-electron chi connectivity index (χ2n) is 6.86. The van der Waals surface area contributed by atoms with E-state index in [-0.39, 0.29) is 5.91 Å². The fraction of sp³-hybridized carbons (Fsp3) is 0.333. The van der Waals surface area contributed by atoms with Crippen molar-refractivity contribution >= 4 is 23.3 Å². The molecule has 3 aromatic rings. The molecule has 0 radical (unpaired) electrons. The molecule has 1 amide bonds. The molecule has 1 unspecified atom stereocenters. The molecular formula is C21H24N4OS. The summed E-state index contributed by atoms with van der Waals surface area (Å²) in [5, 5.41) is 3.19. The largest absolute Gasteiger partial charge is 0.334 e. The molecule has 4 rings (SSSR count). The second kappa shape index (κ2) is 8.15. The van der Waals surface area contributed by atoms with Gasteiger partial charge in [0.1, 0.15) is 5.65 Å². The highest BCUT2D eigenvalue weighted by Gasteiger charge is 2.28. The van der Waals surface area contributed by atoms with Gasteiger partial charge in [-0.05, 0) is 56.3 Å². The van der Waals surface area contributed by atoms with Crippen LogP contribution in [0.15, 0.2) is 59.8 Å². The first-order valence-corrected chi connectivity index (χ1v) is 10.3. The number of hydrogen-bond donors (Lipinski definition) is 1. The number of hydrogen-bond acceptors (Lipinski definition) is 4. The second-order valence-corrected chi connectivity index (χ2v) is 7.91. The number of fused-ring (bicyclic) bond motifs is 1. The zero-order chi connectivity index (χ0) is 18.6. The predicted octanol–water partition coefficient (Wildman–Crippen LogP) is 3.45. The predicted molar refractivity (Wildman–Crippen MR) is 109 cm³/mol. The van der Waals surface area contributed by atoms with E-state index in [9.17, 15) is 4.79 Å². The summed E-state index contributed by atoms with van der Waals surface area (Å²) in [6, 6.07) is 14.3. The summed E-state index contributed by atoms with van der Waals surface area (Å²) in [6.45, 7) is 1.72. The normalized spacial score (nSPS) is 16.9. The summed E-state index contributed by atoms with van der Waals surface area (Å²) in [6.07, 6.45) is 6.25. The van der Waals surface area contributed by atoms with Crippen molar-refractivity contribution in [3.63, 3.8) is 0 Å². The lowest BCUT2D eigenvalue weighted by atomic mass is 10.1. The lowest BCUT2D eigenvalue weighted by Crippen LogP contribution is -2.40. The minimum atomic E-state index is 0.143. The van der Waals surface area contributed by atoms with Crippen LogP contribution in [0.2, 0.25) is 0 Å².